The monoisotopic (exact) mass is 352 g/mol. The molecule has 0 aliphatic carbocycles. The van der Waals surface area contributed by atoms with Crippen LogP contribution in [0.25, 0.3) is 0 Å². The number of carbonyl (C=O) groups is 1. The fourth-order valence-electron chi connectivity index (χ4n) is 3.27. The van der Waals surface area contributed by atoms with Crippen LogP contribution in [-0.2, 0) is 6.54 Å². The maximum atomic E-state index is 12.5. The zero-order valence-corrected chi connectivity index (χ0v) is 15.5. The van der Waals surface area contributed by atoms with Gasteiger partial charge in [0.25, 0.3) is 5.91 Å². The highest BCUT2D eigenvalue weighted by atomic mass is 16.2. The van der Waals surface area contributed by atoms with E-state index in [0.29, 0.717) is 6.54 Å². The molecule has 0 aromatic heterocycles. The van der Waals surface area contributed by atoms with Crippen LogP contribution >= 0.6 is 0 Å². The molecule has 1 amide bonds. The van der Waals surface area contributed by atoms with Crippen LogP contribution in [0.2, 0.25) is 0 Å². The molecule has 26 heavy (non-hydrogen) atoms. The van der Waals surface area contributed by atoms with Gasteiger partial charge >= 0.3 is 0 Å². The summed E-state index contributed by atoms with van der Waals surface area (Å²) in [6, 6.07) is 18.1. The lowest BCUT2D eigenvalue weighted by Crippen LogP contribution is -2.48. The van der Waals surface area contributed by atoms with Gasteiger partial charge in [-0.25, -0.2) is 0 Å². The molecule has 0 bridgehead atoms. The van der Waals surface area contributed by atoms with E-state index in [4.69, 9.17) is 5.73 Å². The van der Waals surface area contributed by atoms with Crippen LogP contribution in [-0.4, -0.2) is 62.0 Å². The van der Waals surface area contributed by atoms with E-state index in [0.717, 1.165) is 50.4 Å². The summed E-state index contributed by atoms with van der Waals surface area (Å²) in [4.78, 5) is 19.2. The number of carbonyl (C=O) groups excluding carboxylic acids is 1. The SMILES string of the molecule is CN(CCN1CCN(c2ccccc2)CC1)C(=O)c1ccc(CN)cc1. The topological polar surface area (TPSA) is 52.8 Å². The Morgan fingerprint density at radius 2 is 1.65 bits per heavy atom. The third-order valence-electron chi connectivity index (χ3n) is 5.03. The number of hydrogen-bond donors (Lipinski definition) is 1. The predicted octanol–water partition coefficient (Wildman–Crippen LogP) is 2.04. The molecule has 1 aliphatic rings. The quantitative estimate of drug-likeness (QED) is 0.864. The molecule has 0 spiro atoms. The lowest BCUT2D eigenvalue weighted by Gasteiger charge is -2.36. The first kappa shape index (κ1) is 18.4. The summed E-state index contributed by atoms with van der Waals surface area (Å²) in [6.45, 7) is 6.27. The van der Waals surface area contributed by atoms with Crippen molar-refractivity contribution in [1.29, 1.82) is 0 Å². The van der Waals surface area contributed by atoms with E-state index in [1.54, 1.807) is 4.90 Å². The summed E-state index contributed by atoms with van der Waals surface area (Å²) < 4.78 is 0. The molecule has 0 saturated carbocycles. The summed E-state index contributed by atoms with van der Waals surface area (Å²) in [7, 11) is 1.87. The number of benzene rings is 2. The van der Waals surface area contributed by atoms with Crippen LogP contribution in [0.5, 0.6) is 0 Å². The highest BCUT2D eigenvalue weighted by Gasteiger charge is 2.18. The maximum Gasteiger partial charge on any atom is 0.253 e. The molecule has 5 nitrogen and oxygen atoms in total. The van der Waals surface area contributed by atoms with Crippen molar-refractivity contribution in [3.8, 4) is 0 Å². The van der Waals surface area contributed by atoms with Crippen molar-refractivity contribution in [2.24, 2.45) is 5.73 Å². The van der Waals surface area contributed by atoms with E-state index < -0.39 is 0 Å². The zero-order valence-electron chi connectivity index (χ0n) is 15.5. The second kappa shape index (κ2) is 8.83. The van der Waals surface area contributed by atoms with Gasteiger partial charge in [0.1, 0.15) is 0 Å². The maximum absolute atomic E-state index is 12.5. The molecule has 2 aromatic carbocycles. The third kappa shape index (κ3) is 4.62. The van der Waals surface area contributed by atoms with Gasteiger partial charge in [0, 0.05) is 64.1 Å². The van der Waals surface area contributed by atoms with Crippen LogP contribution in [0.3, 0.4) is 0 Å². The molecule has 1 fully saturated rings. The number of amides is 1. The molecule has 1 aliphatic heterocycles. The minimum absolute atomic E-state index is 0.0662. The lowest BCUT2D eigenvalue weighted by atomic mass is 10.1. The molecule has 0 atom stereocenters. The number of hydrogen-bond acceptors (Lipinski definition) is 4. The van der Waals surface area contributed by atoms with Crippen molar-refractivity contribution in [2.75, 3.05) is 51.2 Å². The molecule has 1 saturated heterocycles. The average Bonchev–Trinajstić information content (AvgIpc) is 2.72. The van der Waals surface area contributed by atoms with Gasteiger partial charge < -0.3 is 15.5 Å². The Balaban J connectivity index is 1.44. The number of piperazine rings is 1. The van der Waals surface area contributed by atoms with Crippen LogP contribution in [0.1, 0.15) is 15.9 Å². The normalized spacial score (nSPS) is 15.1. The van der Waals surface area contributed by atoms with Gasteiger partial charge in [-0.15, -0.1) is 0 Å². The summed E-state index contributed by atoms with van der Waals surface area (Å²) in [5.41, 5.74) is 8.66. The van der Waals surface area contributed by atoms with Gasteiger partial charge in [0.2, 0.25) is 0 Å². The average molecular weight is 352 g/mol. The summed E-state index contributed by atoms with van der Waals surface area (Å²) >= 11 is 0. The Kier molecular flexibility index (Phi) is 6.26. The van der Waals surface area contributed by atoms with Crippen LogP contribution in [0, 0.1) is 0 Å². The van der Waals surface area contributed by atoms with Gasteiger partial charge in [-0.2, -0.15) is 0 Å². The second-order valence-corrected chi connectivity index (χ2v) is 6.79. The van der Waals surface area contributed by atoms with Crippen LogP contribution in [0.15, 0.2) is 54.6 Å². The third-order valence-corrected chi connectivity index (χ3v) is 5.03. The molecule has 0 unspecified atom stereocenters. The van der Waals surface area contributed by atoms with E-state index in [9.17, 15) is 4.79 Å². The number of anilines is 1. The van der Waals surface area contributed by atoms with Crippen molar-refractivity contribution >= 4 is 11.6 Å². The first-order valence-corrected chi connectivity index (χ1v) is 9.24. The molecular formula is C21H28N4O. The molecule has 1 heterocycles. The van der Waals surface area contributed by atoms with Gasteiger partial charge in [-0.1, -0.05) is 30.3 Å². The number of para-hydroxylation sites is 1. The fraction of sp³-hybridized carbons (Fsp3) is 0.381. The largest absolute Gasteiger partial charge is 0.369 e. The fourth-order valence-corrected chi connectivity index (χ4v) is 3.27. The predicted molar refractivity (Wildman–Crippen MR) is 106 cm³/mol. The first-order valence-electron chi connectivity index (χ1n) is 9.24. The Morgan fingerprint density at radius 1 is 1.00 bits per heavy atom. The van der Waals surface area contributed by atoms with Gasteiger partial charge in [-0.3, -0.25) is 9.69 Å². The van der Waals surface area contributed by atoms with Gasteiger partial charge in [0.05, 0.1) is 0 Å². The van der Waals surface area contributed by atoms with Crippen molar-refractivity contribution in [3.05, 3.63) is 65.7 Å². The highest BCUT2D eigenvalue weighted by Crippen LogP contribution is 2.15. The van der Waals surface area contributed by atoms with E-state index in [2.05, 4.69) is 40.1 Å². The Bertz CT molecular complexity index is 694. The Hall–Kier alpha value is -2.37. The van der Waals surface area contributed by atoms with Crippen molar-refractivity contribution in [3.63, 3.8) is 0 Å². The molecule has 2 N–H and O–H groups in total. The van der Waals surface area contributed by atoms with Crippen molar-refractivity contribution in [1.82, 2.24) is 9.80 Å². The number of likely N-dealkylation sites (N-methyl/N-ethyl adjacent to an activating group) is 1. The molecule has 5 heteroatoms. The number of rotatable bonds is 6. The molecule has 3 rings (SSSR count). The van der Waals surface area contributed by atoms with E-state index in [1.807, 2.05) is 31.3 Å². The Morgan fingerprint density at radius 3 is 2.27 bits per heavy atom. The number of nitrogens with zero attached hydrogens (tertiary/aromatic N) is 3. The zero-order chi connectivity index (χ0) is 18.4. The van der Waals surface area contributed by atoms with E-state index in [1.165, 1.54) is 5.69 Å². The standard InChI is InChI=1S/C21H28N4O/c1-23(21(26)19-9-7-18(17-22)8-10-19)11-12-24-13-15-25(16-14-24)20-5-3-2-4-6-20/h2-10H,11-17,22H2,1H3. The van der Waals surface area contributed by atoms with Crippen molar-refractivity contribution < 1.29 is 4.79 Å². The van der Waals surface area contributed by atoms with Crippen LogP contribution in [0.4, 0.5) is 5.69 Å². The highest BCUT2D eigenvalue weighted by molar-refractivity contribution is 5.94. The van der Waals surface area contributed by atoms with Gasteiger partial charge in [-0.05, 0) is 29.8 Å². The minimum atomic E-state index is 0.0662. The molecule has 138 valence electrons. The summed E-state index contributed by atoms with van der Waals surface area (Å²) in [5, 5.41) is 0. The molecule has 2 aromatic rings. The summed E-state index contributed by atoms with van der Waals surface area (Å²) in [6.07, 6.45) is 0. The smallest absolute Gasteiger partial charge is 0.253 e. The van der Waals surface area contributed by atoms with Gasteiger partial charge in [0.15, 0.2) is 0 Å². The first-order chi connectivity index (χ1) is 12.7. The second-order valence-electron chi connectivity index (χ2n) is 6.79. The molecule has 0 radical (unpaired) electrons. The minimum Gasteiger partial charge on any atom is -0.369 e. The summed E-state index contributed by atoms with van der Waals surface area (Å²) in [5.74, 6) is 0.0662. The Labute approximate surface area is 156 Å². The van der Waals surface area contributed by atoms with E-state index in [-0.39, 0.29) is 5.91 Å². The number of nitrogens with two attached hydrogens (primary N) is 1. The lowest BCUT2D eigenvalue weighted by molar-refractivity contribution is 0.0776. The van der Waals surface area contributed by atoms with Crippen molar-refractivity contribution in [2.45, 2.75) is 6.54 Å². The van der Waals surface area contributed by atoms with Crippen LogP contribution < -0.4 is 10.6 Å². The van der Waals surface area contributed by atoms with E-state index >= 15 is 0 Å². The molecular weight excluding hydrogens is 324 g/mol.